The van der Waals surface area contributed by atoms with Crippen molar-refractivity contribution >= 4 is 5.91 Å². The van der Waals surface area contributed by atoms with Crippen LogP contribution >= 0.6 is 0 Å². The van der Waals surface area contributed by atoms with Crippen molar-refractivity contribution < 1.29 is 9.63 Å². The van der Waals surface area contributed by atoms with Gasteiger partial charge in [-0.2, -0.15) is 0 Å². The van der Waals surface area contributed by atoms with E-state index in [-0.39, 0.29) is 11.9 Å². The minimum Gasteiger partial charge on any atom is -0.313 e. The Kier molecular flexibility index (Phi) is 4.95. The summed E-state index contributed by atoms with van der Waals surface area (Å²) in [7, 11) is 4.94. The van der Waals surface area contributed by atoms with Crippen molar-refractivity contribution in [2.45, 2.75) is 12.5 Å². The molecule has 1 aromatic carbocycles. The van der Waals surface area contributed by atoms with Gasteiger partial charge in [0.15, 0.2) is 0 Å². The Morgan fingerprint density at radius 2 is 2.06 bits per heavy atom. The van der Waals surface area contributed by atoms with Crippen LogP contribution in [0.15, 0.2) is 30.3 Å². The number of benzene rings is 1. The molecule has 1 aromatic rings. The first-order valence-electron chi connectivity index (χ1n) is 5.22. The van der Waals surface area contributed by atoms with Gasteiger partial charge in [0, 0.05) is 19.5 Å². The van der Waals surface area contributed by atoms with Gasteiger partial charge in [-0.25, -0.2) is 5.06 Å². The van der Waals surface area contributed by atoms with Gasteiger partial charge < -0.3 is 5.32 Å². The van der Waals surface area contributed by atoms with Gasteiger partial charge in [-0.1, -0.05) is 30.3 Å². The Morgan fingerprint density at radius 1 is 1.44 bits per heavy atom. The fraction of sp³-hybridized carbons (Fsp3) is 0.417. The predicted octanol–water partition coefficient (Wildman–Crippen LogP) is 1.36. The Balaban J connectivity index is 2.66. The average Bonchev–Trinajstić information content (AvgIpc) is 2.35. The zero-order chi connectivity index (χ0) is 12.0. The van der Waals surface area contributed by atoms with E-state index >= 15 is 0 Å². The Hall–Kier alpha value is -1.39. The van der Waals surface area contributed by atoms with Crippen LogP contribution < -0.4 is 5.32 Å². The van der Waals surface area contributed by atoms with Crippen molar-refractivity contribution in [3.63, 3.8) is 0 Å². The van der Waals surface area contributed by atoms with E-state index in [0.717, 1.165) is 5.56 Å². The van der Waals surface area contributed by atoms with Crippen molar-refractivity contribution in [1.29, 1.82) is 0 Å². The lowest BCUT2D eigenvalue weighted by atomic mass is 10.0. The van der Waals surface area contributed by atoms with Gasteiger partial charge >= 0.3 is 0 Å². The fourth-order valence-corrected chi connectivity index (χ4v) is 1.48. The molecule has 1 rings (SSSR count). The van der Waals surface area contributed by atoms with Crippen LogP contribution in [0.25, 0.3) is 0 Å². The molecule has 4 nitrogen and oxygen atoms in total. The number of hydroxylamine groups is 2. The molecule has 0 aliphatic heterocycles. The van der Waals surface area contributed by atoms with Crippen LogP contribution in [0.4, 0.5) is 0 Å². The van der Waals surface area contributed by atoms with Gasteiger partial charge in [0.25, 0.3) is 0 Å². The second kappa shape index (κ2) is 6.25. The van der Waals surface area contributed by atoms with E-state index in [4.69, 9.17) is 4.84 Å². The van der Waals surface area contributed by atoms with Crippen molar-refractivity contribution in [3.05, 3.63) is 35.9 Å². The molecule has 0 saturated heterocycles. The van der Waals surface area contributed by atoms with E-state index in [9.17, 15) is 4.79 Å². The van der Waals surface area contributed by atoms with Crippen LogP contribution in [0.1, 0.15) is 18.0 Å². The Labute approximate surface area is 96.2 Å². The lowest BCUT2D eigenvalue weighted by Gasteiger charge is -2.19. The number of carbonyl (C=O) groups is 1. The highest BCUT2D eigenvalue weighted by Gasteiger charge is 2.16. The zero-order valence-corrected chi connectivity index (χ0v) is 9.93. The summed E-state index contributed by atoms with van der Waals surface area (Å²) in [5.41, 5.74) is 1.10. The molecule has 0 radical (unpaired) electrons. The summed E-state index contributed by atoms with van der Waals surface area (Å²) in [4.78, 5) is 16.5. The summed E-state index contributed by atoms with van der Waals surface area (Å²) in [5.74, 6) is -0.0503. The van der Waals surface area contributed by atoms with Crippen LogP contribution in [0.5, 0.6) is 0 Å². The first kappa shape index (κ1) is 12.7. The van der Waals surface area contributed by atoms with Gasteiger partial charge in [-0.3, -0.25) is 9.63 Å². The van der Waals surface area contributed by atoms with Crippen molar-refractivity contribution in [2.24, 2.45) is 0 Å². The largest absolute Gasteiger partial charge is 0.313 e. The van der Waals surface area contributed by atoms with Gasteiger partial charge in [0.2, 0.25) is 5.91 Å². The van der Waals surface area contributed by atoms with E-state index in [2.05, 4.69) is 5.32 Å². The maximum absolute atomic E-state index is 11.7. The molecule has 1 atom stereocenters. The number of rotatable bonds is 5. The molecular formula is C12H18N2O2. The molecule has 0 heterocycles. The Morgan fingerprint density at radius 3 is 2.56 bits per heavy atom. The third-order valence-corrected chi connectivity index (χ3v) is 2.55. The summed E-state index contributed by atoms with van der Waals surface area (Å²) in [6.07, 6.45) is 0.380. The van der Waals surface area contributed by atoms with E-state index in [1.54, 1.807) is 7.05 Å². The summed E-state index contributed by atoms with van der Waals surface area (Å²) in [5, 5.41) is 4.37. The Bertz CT molecular complexity index is 327. The van der Waals surface area contributed by atoms with Gasteiger partial charge in [0.05, 0.1) is 7.11 Å². The minimum absolute atomic E-state index is 0.0197. The summed E-state index contributed by atoms with van der Waals surface area (Å²) in [6, 6.07) is 9.90. The lowest BCUT2D eigenvalue weighted by molar-refractivity contribution is -0.169. The molecule has 0 aromatic heterocycles. The predicted molar refractivity (Wildman–Crippen MR) is 62.6 cm³/mol. The van der Waals surface area contributed by atoms with Crippen molar-refractivity contribution in [3.8, 4) is 0 Å². The quantitative estimate of drug-likeness (QED) is 0.765. The highest BCUT2D eigenvalue weighted by Crippen LogP contribution is 2.16. The maximum Gasteiger partial charge on any atom is 0.247 e. The second-order valence-electron chi connectivity index (χ2n) is 3.53. The highest BCUT2D eigenvalue weighted by molar-refractivity contribution is 5.75. The number of hydrogen-bond donors (Lipinski definition) is 1. The number of carbonyl (C=O) groups excluding carboxylic acids is 1. The summed E-state index contributed by atoms with van der Waals surface area (Å²) < 4.78 is 0. The number of nitrogens with one attached hydrogen (secondary N) is 1. The topological polar surface area (TPSA) is 41.6 Å². The van der Waals surface area contributed by atoms with Gasteiger partial charge in [-0.05, 0) is 12.6 Å². The minimum atomic E-state index is -0.0503. The molecule has 0 unspecified atom stereocenters. The molecule has 0 bridgehead atoms. The van der Waals surface area contributed by atoms with Crippen molar-refractivity contribution in [2.75, 3.05) is 21.2 Å². The molecule has 16 heavy (non-hydrogen) atoms. The normalized spacial score (nSPS) is 12.2. The van der Waals surface area contributed by atoms with Crippen LogP contribution in [0.3, 0.4) is 0 Å². The van der Waals surface area contributed by atoms with Crippen LogP contribution in [-0.4, -0.2) is 32.2 Å². The first-order chi connectivity index (χ1) is 7.69. The van der Waals surface area contributed by atoms with Crippen molar-refractivity contribution in [1.82, 2.24) is 10.4 Å². The second-order valence-corrected chi connectivity index (χ2v) is 3.53. The summed E-state index contributed by atoms with van der Waals surface area (Å²) >= 11 is 0. The molecule has 1 amide bonds. The summed E-state index contributed by atoms with van der Waals surface area (Å²) in [6.45, 7) is 0. The smallest absolute Gasteiger partial charge is 0.247 e. The fourth-order valence-electron chi connectivity index (χ4n) is 1.48. The van der Waals surface area contributed by atoms with Gasteiger partial charge in [0.1, 0.15) is 0 Å². The molecule has 0 spiro atoms. The average molecular weight is 222 g/mol. The molecule has 1 N–H and O–H groups in total. The molecule has 0 aliphatic carbocycles. The van der Waals surface area contributed by atoms with Crippen LogP contribution in [0, 0.1) is 0 Å². The lowest BCUT2D eigenvalue weighted by Crippen LogP contribution is -2.30. The van der Waals surface area contributed by atoms with E-state index in [1.807, 2.05) is 37.4 Å². The number of nitrogens with zero attached hydrogens (tertiary/aromatic N) is 1. The number of amides is 1. The first-order valence-corrected chi connectivity index (χ1v) is 5.22. The maximum atomic E-state index is 11.7. The zero-order valence-electron chi connectivity index (χ0n) is 9.93. The third-order valence-electron chi connectivity index (χ3n) is 2.55. The van der Waals surface area contributed by atoms with E-state index in [0.29, 0.717) is 6.42 Å². The molecule has 88 valence electrons. The molecule has 0 aliphatic rings. The van der Waals surface area contributed by atoms with E-state index < -0.39 is 0 Å². The van der Waals surface area contributed by atoms with E-state index in [1.165, 1.54) is 12.2 Å². The molecule has 4 heteroatoms. The molecule has 0 saturated carbocycles. The molecule has 0 fully saturated rings. The SMILES string of the molecule is CN[C@@H](CC(=O)N(C)OC)c1ccccc1. The number of hydrogen-bond acceptors (Lipinski definition) is 3. The standard InChI is InChI=1S/C12H18N2O2/c1-13-11(9-12(15)14(2)16-3)10-7-5-4-6-8-10/h4-8,11,13H,9H2,1-3H3/t11-/m0/s1. The monoisotopic (exact) mass is 222 g/mol. The van der Waals surface area contributed by atoms with Gasteiger partial charge in [-0.15, -0.1) is 0 Å². The third kappa shape index (κ3) is 3.32. The highest BCUT2D eigenvalue weighted by atomic mass is 16.7. The van der Waals surface area contributed by atoms with Crippen LogP contribution in [-0.2, 0) is 9.63 Å². The molecular weight excluding hydrogens is 204 g/mol. The van der Waals surface area contributed by atoms with Crippen LogP contribution in [0.2, 0.25) is 0 Å².